The van der Waals surface area contributed by atoms with E-state index in [0.29, 0.717) is 19.6 Å². The minimum absolute atomic E-state index is 0.0166. The van der Waals surface area contributed by atoms with E-state index in [1.807, 2.05) is 80.6 Å². The van der Waals surface area contributed by atoms with Crippen molar-refractivity contribution >= 4 is 29.3 Å². The number of allylic oxidation sites excluding steroid dienone is 1. The summed E-state index contributed by atoms with van der Waals surface area (Å²) in [7, 11) is 1.49. The van der Waals surface area contributed by atoms with Crippen LogP contribution in [0.1, 0.15) is 136 Å². The first kappa shape index (κ1) is 46.5. The molecule has 3 atom stereocenters. The van der Waals surface area contributed by atoms with Gasteiger partial charge in [0.15, 0.2) is 17.0 Å². The monoisotopic (exact) mass is 807 g/mol. The van der Waals surface area contributed by atoms with Crippen LogP contribution in [-0.2, 0) is 38.9 Å². The average Bonchev–Trinajstić information content (AvgIpc) is 3.79. The molecule has 0 spiro atoms. The molecule has 10 heteroatoms. The van der Waals surface area contributed by atoms with Gasteiger partial charge in [-0.2, -0.15) is 0 Å². The van der Waals surface area contributed by atoms with Crippen LogP contribution in [0.3, 0.4) is 0 Å². The molecule has 2 fully saturated rings. The van der Waals surface area contributed by atoms with E-state index in [-0.39, 0.29) is 24.1 Å². The molecule has 9 nitrogen and oxygen atoms in total. The molecule has 0 unspecified atom stereocenters. The maximum absolute atomic E-state index is 15.3. The second-order valence-electron chi connectivity index (χ2n) is 17.0. The maximum atomic E-state index is 15.3. The number of nitrogens with zero attached hydrogens (tertiary/aromatic N) is 1. The summed E-state index contributed by atoms with van der Waals surface area (Å²) in [5, 5.41) is 12.5. The molecule has 2 aliphatic rings. The molecule has 2 aromatic carbocycles. The van der Waals surface area contributed by atoms with Crippen molar-refractivity contribution in [1.29, 1.82) is 0 Å². The summed E-state index contributed by atoms with van der Waals surface area (Å²) in [4.78, 5) is 30.8. The Labute approximate surface area is 347 Å². The van der Waals surface area contributed by atoms with Gasteiger partial charge in [-0.15, -0.1) is 0 Å². The molecule has 57 heavy (non-hydrogen) atoms. The Morgan fingerprint density at radius 2 is 1.44 bits per heavy atom. The lowest BCUT2D eigenvalue weighted by Gasteiger charge is -2.40. The minimum atomic E-state index is -2.26. The highest BCUT2D eigenvalue weighted by atomic mass is 32.1. The predicted molar refractivity (Wildman–Crippen MR) is 228 cm³/mol. The number of amides is 1. The third kappa shape index (κ3) is 12.0. The van der Waals surface area contributed by atoms with Crippen molar-refractivity contribution in [2.45, 2.75) is 154 Å². The fraction of sp³-hybridized carbons (Fsp3) is 0.638. The largest absolute Gasteiger partial charge is 0.458 e. The van der Waals surface area contributed by atoms with Gasteiger partial charge in [-0.1, -0.05) is 132 Å². The Hall–Kier alpha value is -3.15. The highest BCUT2D eigenvalue weighted by Crippen LogP contribution is 2.48. The molecule has 0 aromatic heterocycles. The Morgan fingerprint density at radius 3 is 1.95 bits per heavy atom. The topological polar surface area (TPSA) is 104 Å². The summed E-state index contributed by atoms with van der Waals surface area (Å²) in [5.41, 5.74) is -2.64. The van der Waals surface area contributed by atoms with Gasteiger partial charge < -0.3 is 28.8 Å². The molecule has 2 heterocycles. The number of hydrogen-bond acceptors (Lipinski definition) is 9. The van der Waals surface area contributed by atoms with Gasteiger partial charge in [0.2, 0.25) is 5.91 Å². The summed E-state index contributed by atoms with van der Waals surface area (Å²) >= 11 is 5.95. The first-order valence-corrected chi connectivity index (χ1v) is 21.7. The van der Waals surface area contributed by atoms with Gasteiger partial charge in [-0.05, 0) is 64.6 Å². The second-order valence-corrected chi connectivity index (χ2v) is 17.4. The third-order valence-corrected chi connectivity index (χ3v) is 11.4. The number of aliphatic hydroxyl groups is 1. The molecule has 2 aromatic rings. The molecular weight excluding hydrogens is 739 g/mol. The third-order valence-electron chi connectivity index (χ3n) is 11.1. The summed E-state index contributed by atoms with van der Waals surface area (Å²) in [5.74, 6) is -3.38. The molecule has 1 amide bonds. The van der Waals surface area contributed by atoms with Gasteiger partial charge in [0.05, 0.1) is 25.2 Å². The van der Waals surface area contributed by atoms with Crippen LogP contribution < -0.4 is 0 Å². The zero-order valence-electron chi connectivity index (χ0n) is 35.6. The van der Waals surface area contributed by atoms with Crippen molar-refractivity contribution in [3.05, 3.63) is 83.9 Å². The van der Waals surface area contributed by atoms with Gasteiger partial charge in [-0.3, -0.25) is 9.69 Å². The quantitative estimate of drug-likeness (QED) is 0.0509. The number of carbonyl (C=O) groups is 2. The molecule has 2 saturated heterocycles. The Balaban J connectivity index is 1.59. The van der Waals surface area contributed by atoms with E-state index < -0.39 is 46.4 Å². The van der Waals surface area contributed by atoms with Crippen LogP contribution in [0, 0.1) is 11.8 Å². The minimum Gasteiger partial charge on any atom is -0.458 e. The van der Waals surface area contributed by atoms with Crippen LogP contribution >= 0.6 is 12.2 Å². The van der Waals surface area contributed by atoms with Crippen LogP contribution in [0.15, 0.2) is 72.8 Å². The van der Waals surface area contributed by atoms with Crippen molar-refractivity contribution in [2.24, 2.45) is 11.8 Å². The maximum Gasteiger partial charge on any atom is 0.339 e. The summed E-state index contributed by atoms with van der Waals surface area (Å²) in [6.45, 7) is 12.8. The highest BCUT2D eigenvalue weighted by Gasteiger charge is 2.60. The van der Waals surface area contributed by atoms with Crippen molar-refractivity contribution in [1.82, 2.24) is 4.90 Å². The molecule has 0 aliphatic carbocycles. The zero-order chi connectivity index (χ0) is 41.5. The molecule has 0 radical (unpaired) electrons. The standard InChI is InChI=1S/C47H69NO8S/c1-8-9-10-14-23-30-45(53-34-35-54-45)31-24-15-12-11-13-22-29-39(46(51,32-33-52-7)42(50)55-44(4,5)6)41(49)48-40(36(2)3)47(56-43(48)57,37-25-18-16-19-26-37)38-27-20-17-21-28-38/h16-22,25-29,36,39-40,51H,8-15,23-24,30-35H2,1-7H3/b29-22+/t39-,40+,46+/m1/s1. The smallest absolute Gasteiger partial charge is 0.339 e. The molecule has 316 valence electrons. The van der Waals surface area contributed by atoms with E-state index in [1.54, 1.807) is 26.8 Å². The number of unbranched alkanes of at least 4 members (excludes halogenated alkanes) is 8. The van der Waals surface area contributed by atoms with Crippen molar-refractivity contribution < 1.29 is 38.4 Å². The van der Waals surface area contributed by atoms with Gasteiger partial charge in [0, 0.05) is 44.1 Å². The molecular formula is C47H69NO8S. The SMILES string of the molecule is CCCCCCCC1(CCCCCC/C=C/[C@H](C(=O)N2C(=S)OC(c3ccccc3)(c3ccccc3)[C@@H]2C(C)C)[C@@](O)(CCOC)C(=O)OC(C)(C)C)OCCO1. The average molecular weight is 808 g/mol. The van der Waals surface area contributed by atoms with Crippen molar-refractivity contribution in [3.8, 4) is 0 Å². The van der Waals surface area contributed by atoms with Crippen LogP contribution in [0.5, 0.6) is 0 Å². The van der Waals surface area contributed by atoms with Gasteiger partial charge in [-0.25, -0.2) is 4.79 Å². The first-order valence-electron chi connectivity index (χ1n) is 21.3. The number of hydrogen-bond donors (Lipinski definition) is 1. The van der Waals surface area contributed by atoms with Gasteiger partial charge >= 0.3 is 5.97 Å². The lowest BCUT2D eigenvalue weighted by atomic mass is 9.75. The lowest BCUT2D eigenvalue weighted by molar-refractivity contribution is -0.186. The molecule has 1 N–H and O–H groups in total. The van der Waals surface area contributed by atoms with Crippen molar-refractivity contribution in [3.63, 3.8) is 0 Å². The summed E-state index contributed by atoms with van der Waals surface area (Å²) in [6, 6.07) is 18.9. The zero-order valence-corrected chi connectivity index (χ0v) is 36.5. The Bertz CT molecular complexity index is 1530. The van der Waals surface area contributed by atoms with Gasteiger partial charge in [0.1, 0.15) is 5.60 Å². The molecule has 4 rings (SSSR count). The number of thiocarbonyl (C=S) groups is 1. The molecule has 0 saturated carbocycles. The van der Waals surface area contributed by atoms with E-state index in [0.717, 1.165) is 56.1 Å². The van der Waals surface area contributed by atoms with Crippen LogP contribution in [0.2, 0.25) is 0 Å². The number of ether oxygens (including phenoxy) is 5. The van der Waals surface area contributed by atoms with E-state index in [9.17, 15) is 9.90 Å². The van der Waals surface area contributed by atoms with Gasteiger partial charge in [0.25, 0.3) is 5.17 Å². The highest BCUT2D eigenvalue weighted by molar-refractivity contribution is 7.80. The number of carbonyl (C=O) groups excluding carboxylic acids is 2. The Morgan fingerprint density at radius 1 is 0.895 bits per heavy atom. The first-order chi connectivity index (χ1) is 27.2. The molecule has 2 aliphatic heterocycles. The van der Waals surface area contributed by atoms with E-state index >= 15 is 4.79 Å². The Kier molecular flexibility index (Phi) is 17.7. The lowest BCUT2D eigenvalue weighted by Crippen LogP contribution is -2.58. The van der Waals surface area contributed by atoms with Crippen LogP contribution in [0.25, 0.3) is 0 Å². The summed E-state index contributed by atoms with van der Waals surface area (Å²) < 4.78 is 30.2. The normalized spacial score (nSPS) is 19.5. The molecule has 0 bridgehead atoms. The number of rotatable bonds is 23. The van der Waals surface area contributed by atoms with E-state index in [1.165, 1.54) is 37.7 Å². The van der Waals surface area contributed by atoms with E-state index in [4.69, 9.17) is 35.9 Å². The second kappa shape index (κ2) is 21.7. The number of methoxy groups -OCH3 is 1. The predicted octanol–water partition coefficient (Wildman–Crippen LogP) is 9.82. The number of esters is 1. The van der Waals surface area contributed by atoms with Crippen LogP contribution in [-0.4, -0.2) is 77.0 Å². The fourth-order valence-electron chi connectivity index (χ4n) is 8.29. The van der Waals surface area contributed by atoms with E-state index in [2.05, 4.69) is 6.92 Å². The fourth-order valence-corrected chi connectivity index (χ4v) is 8.63. The number of benzene rings is 2. The van der Waals surface area contributed by atoms with Crippen LogP contribution in [0.4, 0.5) is 0 Å². The van der Waals surface area contributed by atoms with Crippen molar-refractivity contribution in [2.75, 3.05) is 26.9 Å². The summed E-state index contributed by atoms with van der Waals surface area (Å²) in [6.07, 6.45) is 15.8.